The molecule has 7 heteroatoms. The molecular formula is C20H23N5O2. The van der Waals surface area contributed by atoms with Gasteiger partial charge in [0.1, 0.15) is 11.5 Å². The number of carbonyl (C=O) groups excluding carboxylic acids is 2. The number of piperidine rings is 1. The SMILES string of the molecule is CC(=O)N1CCC(Nc2nc(-c3ccccc3)nc3c2CCNC3=O)CC1. The molecule has 27 heavy (non-hydrogen) atoms. The zero-order valence-electron chi connectivity index (χ0n) is 15.4. The van der Waals surface area contributed by atoms with E-state index in [-0.39, 0.29) is 17.9 Å². The van der Waals surface area contributed by atoms with Crippen molar-refractivity contribution in [3.05, 3.63) is 41.6 Å². The predicted molar refractivity (Wildman–Crippen MR) is 102 cm³/mol. The number of hydrogen-bond donors (Lipinski definition) is 2. The highest BCUT2D eigenvalue weighted by Crippen LogP contribution is 2.26. The Bertz CT molecular complexity index is 860. The van der Waals surface area contributed by atoms with Crippen LogP contribution in [0.4, 0.5) is 5.82 Å². The van der Waals surface area contributed by atoms with E-state index in [2.05, 4.69) is 15.6 Å². The van der Waals surface area contributed by atoms with Gasteiger partial charge >= 0.3 is 0 Å². The minimum atomic E-state index is -0.148. The van der Waals surface area contributed by atoms with Crippen LogP contribution in [0, 0.1) is 0 Å². The predicted octanol–water partition coefficient (Wildman–Crippen LogP) is 1.85. The van der Waals surface area contributed by atoms with Crippen LogP contribution in [0.2, 0.25) is 0 Å². The van der Waals surface area contributed by atoms with Crippen molar-refractivity contribution < 1.29 is 9.59 Å². The molecule has 2 aliphatic heterocycles. The van der Waals surface area contributed by atoms with Gasteiger partial charge in [0.05, 0.1) is 0 Å². The minimum absolute atomic E-state index is 0.121. The van der Waals surface area contributed by atoms with Crippen molar-refractivity contribution in [2.75, 3.05) is 25.0 Å². The van der Waals surface area contributed by atoms with Crippen LogP contribution in [-0.2, 0) is 11.2 Å². The van der Waals surface area contributed by atoms with Crippen LogP contribution in [-0.4, -0.2) is 52.4 Å². The molecule has 0 bridgehead atoms. The molecule has 3 heterocycles. The van der Waals surface area contributed by atoms with E-state index in [4.69, 9.17) is 4.98 Å². The summed E-state index contributed by atoms with van der Waals surface area (Å²) in [5.41, 5.74) is 2.22. The zero-order valence-corrected chi connectivity index (χ0v) is 15.4. The molecule has 1 saturated heterocycles. The normalized spacial score (nSPS) is 17.2. The molecule has 2 aromatic rings. The third-order valence-corrected chi connectivity index (χ3v) is 5.20. The molecule has 0 atom stereocenters. The van der Waals surface area contributed by atoms with Gasteiger partial charge in [-0.15, -0.1) is 0 Å². The Morgan fingerprint density at radius 1 is 1.19 bits per heavy atom. The Balaban J connectivity index is 1.64. The molecule has 1 fully saturated rings. The Hall–Kier alpha value is -2.96. The summed E-state index contributed by atoms with van der Waals surface area (Å²) in [5.74, 6) is 1.27. The fraction of sp³-hybridized carbons (Fsp3) is 0.400. The van der Waals surface area contributed by atoms with Gasteiger partial charge in [0.2, 0.25) is 5.91 Å². The summed E-state index contributed by atoms with van der Waals surface area (Å²) in [5, 5.41) is 6.39. The van der Waals surface area contributed by atoms with Crippen LogP contribution in [0.1, 0.15) is 35.8 Å². The van der Waals surface area contributed by atoms with E-state index in [1.54, 1.807) is 6.92 Å². The van der Waals surface area contributed by atoms with Gasteiger partial charge in [0, 0.05) is 43.7 Å². The van der Waals surface area contributed by atoms with Gasteiger partial charge in [-0.2, -0.15) is 0 Å². The summed E-state index contributed by atoms with van der Waals surface area (Å²) in [4.78, 5) is 35.1. The molecule has 0 aliphatic carbocycles. The number of likely N-dealkylation sites (tertiary alicyclic amines) is 1. The fourth-order valence-corrected chi connectivity index (χ4v) is 3.66. The topological polar surface area (TPSA) is 87.2 Å². The second-order valence-electron chi connectivity index (χ2n) is 7.02. The number of benzene rings is 1. The second kappa shape index (κ2) is 7.34. The van der Waals surface area contributed by atoms with E-state index in [9.17, 15) is 9.59 Å². The number of rotatable bonds is 3. The molecular weight excluding hydrogens is 342 g/mol. The number of nitrogens with zero attached hydrogens (tertiary/aromatic N) is 3. The van der Waals surface area contributed by atoms with Crippen molar-refractivity contribution in [3.8, 4) is 11.4 Å². The maximum Gasteiger partial charge on any atom is 0.270 e. The lowest BCUT2D eigenvalue weighted by molar-refractivity contribution is -0.129. The van der Waals surface area contributed by atoms with Crippen molar-refractivity contribution in [2.45, 2.75) is 32.2 Å². The zero-order chi connectivity index (χ0) is 18.8. The van der Waals surface area contributed by atoms with E-state index >= 15 is 0 Å². The summed E-state index contributed by atoms with van der Waals surface area (Å²) < 4.78 is 0. The number of amides is 2. The maximum atomic E-state index is 12.4. The Kier molecular flexibility index (Phi) is 4.75. The fourth-order valence-electron chi connectivity index (χ4n) is 3.66. The first-order valence-corrected chi connectivity index (χ1v) is 9.38. The molecule has 0 spiro atoms. The molecule has 2 amide bonds. The van der Waals surface area contributed by atoms with Gasteiger partial charge < -0.3 is 15.5 Å². The van der Waals surface area contributed by atoms with Crippen LogP contribution in [0.15, 0.2) is 30.3 Å². The third kappa shape index (κ3) is 3.63. The lowest BCUT2D eigenvalue weighted by atomic mass is 10.0. The van der Waals surface area contributed by atoms with Crippen molar-refractivity contribution in [2.24, 2.45) is 0 Å². The highest BCUT2D eigenvalue weighted by atomic mass is 16.2. The first kappa shape index (κ1) is 17.5. The lowest BCUT2D eigenvalue weighted by Crippen LogP contribution is -2.42. The van der Waals surface area contributed by atoms with Gasteiger partial charge in [0.25, 0.3) is 5.91 Å². The maximum absolute atomic E-state index is 12.4. The summed E-state index contributed by atoms with van der Waals surface area (Å²) in [7, 11) is 0. The number of fused-ring (bicyclic) bond motifs is 1. The number of nitrogens with one attached hydrogen (secondary N) is 2. The van der Waals surface area contributed by atoms with Crippen LogP contribution >= 0.6 is 0 Å². The van der Waals surface area contributed by atoms with Gasteiger partial charge in [-0.1, -0.05) is 30.3 Å². The summed E-state index contributed by atoms with van der Waals surface area (Å²) in [6.07, 6.45) is 2.45. The molecule has 1 aromatic carbocycles. The van der Waals surface area contributed by atoms with Crippen molar-refractivity contribution in [1.29, 1.82) is 0 Å². The van der Waals surface area contributed by atoms with E-state index in [0.29, 0.717) is 24.5 Å². The quantitative estimate of drug-likeness (QED) is 0.867. The van der Waals surface area contributed by atoms with E-state index in [1.807, 2.05) is 35.2 Å². The second-order valence-corrected chi connectivity index (χ2v) is 7.02. The Labute approximate surface area is 158 Å². The third-order valence-electron chi connectivity index (χ3n) is 5.20. The molecule has 0 saturated carbocycles. The highest BCUT2D eigenvalue weighted by Gasteiger charge is 2.27. The van der Waals surface area contributed by atoms with E-state index in [0.717, 1.165) is 42.9 Å². The Morgan fingerprint density at radius 3 is 2.63 bits per heavy atom. The van der Waals surface area contributed by atoms with E-state index in [1.165, 1.54) is 0 Å². The minimum Gasteiger partial charge on any atom is -0.367 e. The van der Waals surface area contributed by atoms with Crippen LogP contribution < -0.4 is 10.6 Å². The lowest BCUT2D eigenvalue weighted by Gasteiger charge is -2.32. The number of aromatic nitrogens is 2. The van der Waals surface area contributed by atoms with Crippen LogP contribution in [0.25, 0.3) is 11.4 Å². The number of hydrogen-bond acceptors (Lipinski definition) is 5. The average molecular weight is 365 g/mol. The summed E-state index contributed by atoms with van der Waals surface area (Å²) in [6.45, 7) is 3.69. The molecule has 0 unspecified atom stereocenters. The monoisotopic (exact) mass is 365 g/mol. The molecule has 2 aliphatic rings. The molecule has 0 radical (unpaired) electrons. The molecule has 1 aromatic heterocycles. The molecule has 4 rings (SSSR count). The van der Waals surface area contributed by atoms with Crippen LogP contribution in [0.3, 0.4) is 0 Å². The van der Waals surface area contributed by atoms with Gasteiger partial charge in [-0.25, -0.2) is 9.97 Å². The van der Waals surface area contributed by atoms with Crippen molar-refractivity contribution in [3.63, 3.8) is 0 Å². The first-order valence-electron chi connectivity index (χ1n) is 9.38. The summed E-state index contributed by atoms with van der Waals surface area (Å²) >= 11 is 0. The van der Waals surface area contributed by atoms with Crippen LogP contribution in [0.5, 0.6) is 0 Å². The number of carbonyl (C=O) groups is 2. The smallest absolute Gasteiger partial charge is 0.270 e. The average Bonchev–Trinajstić information content (AvgIpc) is 2.69. The van der Waals surface area contributed by atoms with Gasteiger partial charge in [-0.05, 0) is 19.3 Å². The van der Waals surface area contributed by atoms with Gasteiger partial charge in [0.15, 0.2) is 5.82 Å². The number of anilines is 1. The standard InChI is InChI=1S/C20H23N5O2/c1-13(26)25-11-8-15(9-12-25)22-19-16-7-10-21-20(27)17(16)23-18(24-19)14-5-3-2-4-6-14/h2-6,15H,7-12H2,1H3,(H,21,27)(H,22,23,24). The largest absolute Gasteiger partial charge is 0.367 e. The van der Waals surface area contributed by atoms with E-state index < -0.39 is 0 Å². The van der Waals surface area contributed by atoms with Gasteiger partial charge in [-0.3, -0.25) is 9.59 Å². The summed E-state index contributed by atoms with van der Waals surface area (Å²) in [6, 6.07) is 9.92. The molecule has 7 nitrogen and oxygen atoms in total. The molecule has 140 valence electrons. The molecule has 2 N–H and O–H groups in total. The first-order chi connectivity index (χ1) is 13.1. The van der Waals surface area contributed by atoms with Crippen molar-refractivity contribution >= 4 is 17.6 Å². The Morgan fingerprint density at radius 2 is 1.93 bits per heavy atom. The van der Waals surface area contributed by atoms with Crippen molar-refractivity contribution in [1.82, 2.24) is 20.2 Å². The highest BCUT2D eigenvalue weighted by molar-refractivity contribution is 5.96.